The van der Waals surface area contributed by atoms with Crippen LogP contribution in [0.4, 0.5) is 0 Å². The predicted molar refractivity (Wildman–Crippen MR) is 88.3 cm³/mol. The molecule has 0 amide bonds. The van der Waals surface area contributed by atoms with E-state index in [1.54, 1.807) is 20.8 Å². The third-order valence-electron chi connectivity index (χ3n) is 3.08. The SMILES string of the molecule is CC[C@@H](NC(C)(C)O)Oc1cccc([C@H](C)C(=O)OC)c1.Cl. The van der Waals surface area contributed by atoms with Crippen LogP contribution < -0.4 is 10.1 Å². The van der Waals surface area contributed by atoms with E-state index in [1.807, 2.05) is 31.2 Å². The molecule has 0 unspecified atom stereocenters. The molecule has 0 bridgehead atoms. The Labute approximate surface area is 138 Å². The van der Waals surface area contributed by atoms with Crippen LogP contribution in [0.1, 0.15) is 45.6 Å². The lowest BCUT2D eigenvalue weighted by atomic mass is 10.0. The zero-order valence-corrected chi connectivity index (χ0v) is 14.6. The quantitative estimate of drug-likeness (QED) is 0.594. The molecule has 2 N–H and O–H groups in total. The number of benzene rings is 1. The minimum absolute atomic E-state index is 0. The molecule has 1 rings (SSSR count). The fraction of sp³-hybridized carbons (Fsp3) is 0.562. The molecule has 2 atom stereocenters. The third-order valence-corrected chi connectivity index (χ3v) is 3.08. The maximum absolute atomic E-state index is 11.6. The lowest BCUT2D eigenvalue weighted by Gasteiger charge is -2.27. The third kappa shape index (κ3) is 6.64. The Bertz CT molecular complexity index is 473. The average molecular weight is 332 g/mol. The van der Waals surface area contributed by atoms with E-state index in [4.69, 9.17) is 9.47 Å². The Morgan fingerprint density at radius 2 is 2.05 bits per heavy atom. The molecule has 0 fully saturated rings. The van der Waals surface area contributed by atoms with E-state index in [9.17, 15) is 9.90 Å². The van der Waals surface area contributed by atoms with Gasteiger partial charge in [-0.05, 0) is 44.9 Å². The smallest absolute Gasteiger partial charge is 0.312 e. The van der Waals surface area contributed by atoms with Crippen LogP contribution >= 0.6 is 12.4 Å². The second kappa shape index (κ2) is 8.98. The van der Waals surface area contributed by atoms with Crippen molar-refractivity contribution in [1.82, 2.24) is 5.32 Å². The summed E-state index contributed by atoms with van der Waals surface area (Å²) in [5, 5.41) is 12.8. The Morgan fingerprint density at radius 1 is 1.41 bits per heavy atom. The molecule has 6 heteroatoms. The van der Waals surface area contributed by atoms with Crippen LogP contribution in [-0.4, -0.2) is 30.1 Å². The van der Waals surface area contributed by atoms with Gasteiger partial charge >= 0.3 is 5.97 Å². The van der Waals surface area contributed by atoms with Gasteiger partial charge in [-0.15, -0.1) is 12.4 Å². The van der Waals surface area contributed by atoms with E-state index in [1.165, 1.54) is 7.11 Å². The van der Waals surface area contributed by atoms with E-state index in [0.717, 1.165) is 5.56 Å². The van der Waals surface area contributed by atoms with Crippen LogP contribution in [0.15, 0.2) is 24.3 Å². The van der Waals surface area contributed by atoms with Gasteiger partial charge in [0.05, 0.1) is 13.0 Å². The Balaban J connectivity index is 0.00000441. The number of methoxy groups -OCH3 is 1. The van der Waals surface area contributed by atoms with Gasteiger partial charge in [0.2, 0.25) is 0 Å². The molecule has 126 valence electrons. The first-order valence-electron chi connectivity index (χ1n) is 7.11. The molecule has 1 aromatic rings. The van der Waals surface area contributed by atoms with E-state index in [0.29, 0.717) is 12.2 Å². The predicted octanol–water partition coefficient (Wildman–Crippen LogP) is 2.82. The Kier molecular flexibility index (Phi) is 8.45. The number of esters is 1. The van der Waals surface area contributed by atoms with Gasteiger partial charge in [-0.25, -0.2) is 0 Å². The first kappa shape index (κ1) is 20.7. The maximum Gasteiger partial charge on any atom is 0.312 e. The van der Waals surface area contributed by atoms with Crippen molar-refractivity contribution in [3.63, 3.8) is 0 Å². The van der Waals surface area contributed by atoms with Crippen LogP contribution in [-0.2, 0) is 9.53 Å². The molecule has 0 heterocycles. The number of hydrogen-bond donors (Lipinski definition) is 2. The zero-order valence-electron chi connectivity index (χ0n) is 13.8. The summed E-state index contributed by atoms with van der Waals surface area (Å²) in [6.45, 7) is 7.07. The lowest BCUT2D eigenvalue weighted by molar-refractivity contribution is -0.141. The van der Waals surface area contributed by atoms with Gasteiger partial charge in [0.15, 0.2) is 6.23 Å². The summed E-state index contributed by atoms with van der Waals surface area (Å²) in [5.41, 5.74) is -0.185. The molecule has 5 nitrogen and oxygen atoms in total. The van der Waals surface area contributed by atoms with Gasteiger partial charge in [-0.1, -0.05) is 19.1 Å². The van der Waals surface area contributed by atoms with Crippen molar-refractivity contribution in [3.8, 4) is 5.75 Å². The minimum atomic E-state index is -1.02. The van der Waals surface area contributed by atoms with Crippen molar-refractivity contribution < 1.29 is 19.4 Å². The largest absolute Gasteiger partial charge is 0.475 e. The second-order valence-electron chi connectivity index (χ2n) is 5.54. The van der Waals surface area contributed by atoms with Gasteiger partial charge < -0.3 is 14.6 Å². The van der Waals surface area contributed by atoms with Gasteiger partial charge in [0, 0.05) is 0 Å². The molecular formula is C16H26ClNO4. The van der Waals surface area contributed by atoms with Crippen LogP contribution in [0, 0.1) is 0 Å². The fourth-order valence-electron chi connectivity index (χ4n) is 1.94. The summed E-state index contributed by atoms with van der Waals surface area (Å²) < 4.78 is 10.6. The molecule has 0 aromatic heterocycles. The summed E-state index contributed by atoms with van der Waals surface area (Å²) >= 11 is 0. The van der Waals surface area contributed by atoms with Gasteiger partial charge in [0.1, 0.15) is 11.5 Å². The number of carbonyl (C=O) groups excluding carboxylic acids is 1. The molecule has 0 aliphatic carbocycles. The van der Waals surface area contributed by atoms with Gasteiger partial charge in [-0.3, -0.25) is 10.1 Å². The number of ether oxygens (including phenoxy) is 2. The standard InChI is InChI=1S/C16H25NO4.ClH/c1-6-14(17-16(3,4)19)21-13-9-7-8-12(10-13)11(2)15(18)20-5;/h7-11,14,17,19H,6H2,1-5H3;1H/t11-,14-;/m0./s1. The lowest BCUT2D eigenvalue weighted by Crippen LogP contribution is -2.48. The topological polar surface area (TPSA) is 67.8 Å². The number of carbonyl (C=O) groups is 1. The molecule has 1 aromatic carbocycles. The highest BCUT2D eigenvalue weighted by Gasteiger charge is 2.20. The van der Waals surface area contributed by atoms with E-state index < -0.39 is 5.72 Å². The normalized spacial score (nSPS) is 13.7. The highest BCUT2D eigenvalue weighted by Crippen LogP contribution is 2.22. The Hall–Kier alpha value is -1.30. The summed E-state index contributed by atoms with van der Waals surface area (Å²) in [6, 6.07) is 7.33. The number of aliphatic hydroxyl groups is 1. The van der Waals surface area contributed by atoms with Crippen molar-refractivity contribution in [3.05, 3.63) is 29.8 Å². The van der Waals surface area contributed by atoms with E-state index in [2.05, 4.69) is 5.32 Å². The number of hydrogen-bond acceptors (Lipinski definition) is 5. The number of halogens is 1. The molecule has 0 aliphatic heterocycles. The highest BCUT2D eigenvalue weighted by atomic mass is 35.5. The van der Waals surface area contributed by atoms with Crippen molar-refractivity contribution in [2.45, 2.75) is 52.0 Å². The number of rotatable bonds is 7. The Morgan fingerprint density at radius 3 is 2.55 bits per heavy atom. The molecule has 0 spiro atoms. The van der Waals surface area contributed by atoms with Crippen molar-refractivity contribution in [2.75, 3.05) is 7.11 Å². The second-order valence-corrected chi connectivity index (χ2v) is 5.54. The highest BCUT2D eigenvalue weighted by molar-refractivity contribution is 5.85. The zero-order chi connectivity index (χ0) is 16.0. The fourth-order valence-corrected chi connectivity index (χ4v) is 1.94. The van der Waals surface area contributed by atoms with E-state index in [-0.39, 0.29) is 30.5 Å². The maximum atomic E-state index is 11.6. The minimum Gasteiger partial charge on any atom is -0.475 e. The molecule has 0 radical (unpaired) electrons. The van der Waals surface area contributed by atoms with Crippen LogP contribution in [0.2, 0.25) is 0 Å². The average Bonchev–Trinajstić information content (AvgIpc) is 2.43. The molecule has 0 saturated heterocycles. The van der Waals surface area contributed by atoms with Crippen LogP contribution in [0.25, 0.3) is 0 Å². The van der Waals surface area contributed by atoms with Crippen molar-refractivity contribution in [2.24, 2.45) is 0 Å². The van der Waals surface area contributed by atoms with Gasteiger partial charge in [-0.2, -0.15) is 0 Å². The van der Waals surface area contributed by atoms with Crippen LogP contribution in [0.5, 0.6) is 5.75 Å². The molecule has 22 heavy (non-hydrogen) atoms. The number of nitrogens with one attached hydrogen (secondary N) is 1. The summed E-state index contributed by atoms with van der Waals surface area (Å²) in [7, 11) is 1.37. The van der Waals surface area contributed by atoms with Crippen molar-refractivity contribution >= 4 is 18.4 Å². The summed E-state index contributed by atoms with van der Waals surface area (Å²) in [4.78, 5) is 11.6. The summed E-state index contributed by atoms with van der Waals surface area (Å²) in [5.74, 6) is 0.0153. The van der Waals surface area contributed by atoms with Gasteiger partial charge in [0.25, 0.3) is 0 Å². The summed E-state index contributed by atoms with van der Waals surface area (Å²) in [6.07, 6.45) is 0.384. The first-order chi connectivity index (χ1) is 9.76. The molecule has 0 saturated carbocycles. The first-order valence-corrected chi connectivity index (χ1v) is 7.11. The molecular weight excluding hydrogens is 306 g/mol. The molecule has 0 aliphatic rings. The van der Waals surface area contributed by atoms with Crippen molar-refractivity contribution in [1.29, 1.82) is 0 Å². The van der Waals surface area contributed by atoms with Crippen LogP contribution in [0.3, 0.4) is 0 Å². The van der Waals surface area contributed by atoms with E-state index >= 15 is 0 Å². The monoisotopic (exact) mass is 331 g/mol.